The molecule has 8 heteroatoms. The van der Waals surface area contributed by atoms with Crippen molar-refractivity contribution in [2.75, 3.05) is 18.8 Å². The van der Waals surface area contributed by atoms with Crippen LogP contribution in [0.15, 0.2) is 0 Å². The molecule has 0 amide bonds. The number of rotatable bonds is 4. The van der Waals surface area contributed by atoms with Gasteiger partial charge in [-0.15, -0.1) is 0 Å². The van der Waals surface area contributed by atoms with Crippen LogP contribution in [0.4, 0.5) is 0 Å². The molecule has 0 rings (SSSR count). The Hall–Kier alpha value is -0.700. The van der Waals surface area contributed by atoms with E-state index in [1.54, 1.807) is 0 Å². The first-order valence-electron chi connectivity index (χ1n) is 3.40. The van der Waals surface area contributed by atoms with Gasteiger partial charge in [-0.3, -0.25) is 9.35 Å². The topological polar surface area (TPSA) is 144 Å². The van der Waals surface area contributed by atoms with Crippen LogP contribution in [0.5, 0.6) is 0 Å². The van der Waals surface area contributed by atoms with Crippen molar-refractivity contribution in [2.24, 2.45) is 11.5 Å². The van der Waals surface area contributed by atoms with E-state index >= 15 is 0 Å². The Bertz CT molecular complexity index is 225. The van der Waals surface area contributed by atoms with Gasteiger partial charge in [-0.2, -0.15) is 8.42 Å². The lowest BCUT2D eigenvalue weighted by molar-refractivity contribution is -0.135. The van der Waals surface area contributed by atoms with Gasteiger partial charge in [0.25, 0.3) is 10.1 Å². The molecule has 0 aliphatic heterocycles. The first-order valence-corrected chi connectivity index (χ1v) is 5.01. The molecule has 0 aromatic carbocycles. The summed E-state index contributed by atoms with van der Waals surface area (Å²) in [6.45, 7) is 0.0137. The fraction of sp³-hybridized carbons (Fsp3) is 0.800. The maximum atomic E-state index is 9.89. The monoisotopic (exact) mass is 214 g/mol. The van der Waals surface area contributed by atoms with Crippen molar-refractivity contribution in [3.63, 3.8) is 0 Å². The minimum Gasteiger partial charge on any atom is -0.480 e. The van der Waals surface area contributed by atoms with Crippen LogP contribution in [0, 0.1) is 0 Å². The Morgan fingerprint density at radius 3 is 1.77 bits per heavy atom. The van der Waals surface area contributed by atoms with Gasteiger partial charge in [0.2, 0.25) is 0 Å². The summed E-state index contributed by atoms with van der Waals surface area (Å²) in [5, 5.41) is 7.60. The van der Waals surface area contributed by atoms with E-state index in [0.29, 0.717) is 13.0 Å². The molecule has 6 N–H and O–H groups in total. The molecule has 0 bridgehead atoms. The van der Waals surface area contributed by atoms with Crippen LogP contribution in [0.2, 0.25) is 0 Å². The van der Waals surface area contributed by atoms with Crippen LogP contribution in [0.1, 0.15) is 6.42 Å². The Morgan fingerprint density at radius 1 is 1.31 bits per heavy atom. The number of carboxylic acid groups (broad SMARTS) is 1. The molecule has 0 fully saturated rings. The van der Waals surface area contributed by atoms with Crippen LogP contribution in [-0.4, -0.2) is 42.9 Å². The van der Waals surface area contributed by atoms with E-state index in [0.717, 1.165) is 0 Å². The summed E-state index contributed by atoms with van der Waals surface area (Å²) >= 11 is 0. The van der Waals surface area contributed by atoms with Crippen LogP contribution in [0.25, 0.3) is 0 Å². The summed E-state index contributed by atoms with van der Waals surface area (Å²) in [5.41, 5.74) is 9.53. The summed E-state index contributed by atoms with van der Waals surface area (Å²) < 4.78 is 27.8. The highest BCUT2D eigenvalue weighted by molar-refractivity contribution is 7.85. The maximum Gasteiger partial charge on any atom is 0.317 e. The third-order valence-corrected chi connectivity index (χ3v) is 1.59. The van der Waals surface area contributed by atoms with Gasteiger partial charge in [0, 0.05) is 0 Å². The second-order valence-corrected chi connectivity index (χ2v) is 3.60. The molecular formula is C5H14N2O5S. The zero-order valence-corrected chi connectivity index (χ0v) is 7.83. The zero-order chi connectivity index (χ0) is 10.9. The van der Waals surface area contributed by atoms with Gasteiger partial charge in [0.1, 0.15) is 0 Å². The Kier molecular flexibility index (Phi) is 9.02. The number of carbonyl (C=O) groups is 1. The third-order valence-electron chi connectivity index (χ3n) is 0.781. The molecule has 0 unspecified atom stereocenters. The van der Waals surface area contributed by atoms with Crippen molar-refractivity contribution in [3.8, 4) is 0 Å². The van der Waals surface area contributed by atoms with Crippen molar-refractivity contribution in [1.82, 2.24) is 0 Å². The van der Waals surface area contributed by atoms with Crippen LogP contribution in [-0.2, 0) is 14.9 Å². The molecule has 0 aromatic heterocycles. The maximum absolute atomic E-state index is 9.89. The average molecular weight is 214 g/mol. The molecule has 0 aliphatic carbocycles. The summed E-state index contributed by atoms with van der Waals surface area (Å²) in [4.78, 5) is 9.24. The molecule has 0 saturated heterocycles. The normalized spacial score (nSPS) is 10.1. The number of hydrogen-bond acceptors (Lipinski definition) is 5. The number of aliphatic carboxylic acids is 1. The van der Waals surface area contributed by atoms with E-state index in [4.69, 9.17) is 15.4 Å². The highest BCUT2D eigenvalue weighted by atomic mass is 32.2. The predicted octanol–water partition coefficient (Wildman–Crippen LogP) is -1.75. The zero-order valence-electron chi connectivity index (χ0n) is 7.01. The molecule has 80 valence electrons. The quantitative estimate of drug-likeness (QED) is 0.406. The highest BCUT2D eigenvalue weighted by Crippen LogP contribution is 1.83. The third kappa shape index (κ3) is 24.6. The van der Waals surface area contributed by atoms with E-state index in [2.05, 4.69) is 5.73 Å². The number of hydrogen-bond donors (Lipinski definition) is 4. The van der Waals surface area contributed by atoms with Gasteiger partial charge in [0.05, 0.1) is 12.3 Å². The molecular weight excluding hydrogens is 200 g/mol. The first-order chi connectivity index (χ1) is 5.83. The predicted molar refractivity (Wildman–Crippen MR) is 46.8 cm³/mol. The standard InChI is InChI=1S/C3H9NO3S.C2H5NO2/c4-2-1-3-8(5,6)7;3-1-2(4)5/h1-4H2,(H,5,6,7);1,3H2,(H,4,5). The van der Waals surface area contributed by atoms with Gasteiger partial charge in [-0.05, 0) is 13.0 Å². The Morgan fingerprint density at radius 2 is 1.69 bits per heavy atom. The van der Waals surface area contributed by atoms with Gasteiger partial charge < -0.3 is 16.6 Å². The Balaban J connectivity index is 0. The lowest BCUT2D eigenvalue weighted by Crippen LogP contribution is -2.10. The Labute approximate surface area is 76.5 Å². The molecule has 0 aromatic rings. The van der Waals surface area contributed by atoms with E-state index in [-0.39, 0.29) is 12.3 Å². The lowest BCUT2D eigenvalue weighted by Gasteiger charge is -1.90. The van der Waals surface area contributed by atoms with Crippen molar-refractivity contribution in [3.05, 3.63) is 0 Å². The van der Waals surface area contributed by atoms with E-state index in [9.17, 15) is 13.2 Å². The summed E-state index contributed by atoms with van der Waals surface area (Å²) in [6.07, 6.45) is 0.318. The summed E-state index contributed by atoms with van der Waals surface area (Å²) in [7, 11) is -3.77. The van der Waals surface area contributed by atoms with E-state index in [1.807, 2.05) is 0 Å². The van der Waals surface area contributed by atoms with Crippen molar-refractivity contribution < 1.29 is 22.9 Å². The average Bonchev–Trinajstić information content (AvgIpc) is 2.00. The van der Waals surface area contributed by atoms with E-state index in [1.165, 1.54) is 0 Å². The minimum absolute atomic E-state index is 0.233. The molecule has 0 heterocycles. The molecule has 7 nitrogen and oxygen atoms in total. The lowest BCUT2D eigenvalue weighted by atomic mass is 10.5. The van der Waals surface area contributed by atoms with Gasteiger partial charge >= 0.3 is 5.97 Å². The van der Waals surface area contributed by atoms with Gasteiger partial charge in [0.15, 0.2) is 0 Å². The van der Waals surface area contributed by atoms with Gasteiger partial charge in [-0.25, -0.2) is 0 Å². The van der Waals surface area contributed by atoms with Gasteiger partial charge in [-0.1, -0.05) is 0 Å². The van der Waals surface area contributed by atoms with Crippen LogP contribution in [0.3, 0.4) is 0 Å². The van der Waals surface area contributed by atoms with Crippen LogP contribution >= 0.6 is 0 Å². The van der Waals surface area contributed by atoms with Crippen LogP contribution < -0.4 is 11.5 Å². The summed E-state index contributed by atoms with van der Waals surface area (Å²) in [5.74, 6) is -1.20. The van der Waals surface area contributed by atoms with Crippen molar-refractivity contribution in [2.45, 2.75) is 6.42 Å². The fourth-order valence-electron chi connectivity index (χ4n) is 0.266. The highest BCUT2D eigenvalue weighted by Gasteiger charge is 2.00. The molecule has 0 saturated carbocycles. The molecule has 0 radical (unpaired) electrons. The molecule has 13 heavy (non-hydrogen) atoms. The second-order valence-electron chi connectivity index (χ2n) is 2.03. The largest absolute Gasteiger partial charge is 0.480 e. The smallest absolute Gasteiger partial charge is 0.317 e. The van der Waals surface area contributed by atoms with E-state index < -0.39 is 16.1 Å². The first kappa shape index (κ1) is 14.8. The number of carboxylic acids is 1. The number of nitrogens with two attached hydrogens (primary N) is 2. The molecule has 0 spiro atoms. The van der Waals surface area contributed by atoms with Crippen molar-refractivity contribution >= 4 is 16.1 Å². The minimum atomic E-state index is -3.77. The summed E-state index contributed by atoms with van der Waals surface area (Å²) in [6, 6.07) is 0. The second kappa shape index (κ2) is 7.92. The fourth-order valence-corrected chi connectivity index (χ4v) is 0.797. The molecule has 0 atom stereocenters. The molecule has 0 aliphatic rings. The SMILES string of the molecule is NCC(=O)O.NCCCS(=O)(=O)O. The van der Waals surface area contributed by atoms with Crippen molar-refractivity contribution in [1.29, 1.82) is 0 Å².